The molecule has 0 radical (unpaired) electrons. The average molecular weight is 270 g/mol. The van der Waals surface area contributed by atoms with Crippen molar-refractivity contribution >= 4 is 32.8 Å². The number of hydrogen-bond acceptors (Lipinski definition) is 2. The minimum atomic E-state index is -0.952. The number of benzene rings is 1. The van der Waals surface area contributed by atoms with Crippen molar-refractivity contribution in [3.63, 3.8) is 0 Å². The van der Waals surface area contributed by atoms with E-state index in [0.29, 0.717) is 15.6 Å². The minimum absolute atomic E-state index is 0.250. The number of aromatic nitrogens is 1. The molecule has 0 fully saturated rings. The Labute approximate surface area is 94.0 Å². The van der Waals surface area contributed by atoms with Gasteiger partial charge in [-0.25, -0.2) is 4.79 Å². The zero-order valence-corrected chi connectivity index (χ0v) is 9.46. The number of carboxylic acids is 1. The second-order valence-electron chi connectivity index (χ2n) is 3.04. The van der Waals surface area contributed by atoms with Crippen LogP contribution in [-0.4, -0.2) is 23.2 Å². The van der Waals surface area contributed by atoms with Crippen molar-refractivity contribution in [1.29, 1.82) is 0 Å². The molecule has 15 heavy (non-hydrogen) atoms. The number of carbonyl (C=O) groups is 1. The Morgan fingerprint density at radius 3 is 2.87 bits per heavy atom. The van der Waals surface area contributed by atoms with Gasteiger partial charge in [0.1, 0.15) is 5.75 Å². The molecule has 0 unspecified atom stereocenters. The van der Waals surface area contributed by atoms with E-state index in [9.17, 15) is 4.79 Å². The number of fused-ring (bicyclic) bond motifs is 1. The molecule has 2 N–H and O–H groups in total. The van der Waals surface area contributed by atoms with Crippen LogP contribution >= 0.6 is 15.9 Å². The molecule has 0 aliphatic heterocycles. The molecule has 1 aromatic carbocycles. The smallest absolute Gasteiger partial charge is 0.337 e. The Kier molecular flexibility index (Phi) is 2.40. The van der Waals surface area contributed by atoms with Crippen molar-refractivity contribution in [3.8, 4) is 5.75 Å². The second-order valence-corrected chi connectivity index (χ2v) is 3.89. The van der Waals surface area contributed by atoms with E-state index in [1.165, 1.54) is 6.20 Å². The van der Waals surface area contributed by atoms with Gasteiger partial charge in [0.2, 0.25) is 0 Å². The van der Waals surface area contributed by atoms with E-state index in [1.807, 2.05) is 0 Å². The summed E-state index contributed by atoms with van der Waals surface area (Å²) in [5.41, 5.74) is 0.984. The monoisotopic (exact) mass is 269 g/mol. The molecule has 0 atom stereocenters. The minimum Gasteiger partial charge on any atom is -0.497 e. The lowest BCUT2D eigenvalue weighted by Gasteiger charge is -2.02. The van der Waals surface area contributed by atoms with E-state index < -0.39 is 5.97 Å². The first-order valence-electron chi connectivity index (χ1n) is 4.21. The number of rotatable bonds is 2. The van der Waals surface area contributed by atoms with Gasteiger partial charge in [-0.3, -0.25) is 0 Å². The van der Waals surface area contributed by atoms with Crippen LogP contribution in [0.1, 0.15) is 10.4 Å². The van der Waals surface area contributed by atoms with E-state index in [-0.39, 0.29) is 5.56 Å². The van der Waals surface area contributed by atoms with Crippen molar-refractivity contribution < 1.29 is 14.6 Å². The second kappa shape index (κ2) is 3.58. The highest BCUT2D eigenvalue weighted by molar-refractivity contribution is 9.10. The zero-order valence-electron chi connectivity index (χ0n) is 7.87. The van der Waals surface area contributed by atoms with Gasteiger partial charge < -0.3 is 14.8 Å². The summed E-state index contributed by atoms with van der Waals surface area (Å²) < 4.78 is 5.78. The summed E-state index contributed by atoms with van der Waals surface area (Å²) in [4.78, 5) is 13.8. The Balaban J connectivity index is 2.77. The van der Waals surface area contributed by atoms with E-state index in [0.717, 1.165) is 5.52 Å². The average Bonchev–Trinajstić information content (AvgIpc) is 2.61. The lowest BCUT2D eigenvalue weighted by Crippen LogP contribution is -1.94. The molecule has 0 spiro atoms. The van der Waals surface area contributed by atoms with E-state index in [2.05, 4.69) is 20.9 Å². The summed E-state index contributed by atoms with van der Waals surface area (Å²) in [5.74, 6) is -0.278. The summed E-state index contributed by atoms with van der Waals surface area (Å²) in [6.07, 6.45) is 1.47. The summed E-state index contributed by atoms with van der Waals surface area (Å²) in [6, 6.07) is 3.50. The zero-order chi connectivity index (χ0) is 11.0. The summed E-state index contributed by atoms with van der Waals surface area (Å²) in [5, 5.41) is 9.61. The quantitative estimate of drug-likeness (QED) is 0.881. The number of aromatic carboxylic acids is 1. The lowest BCUT2D eigenvalue weighted by molar-refractivity contribution is 0.0699. The summed E-state index contributed by atoms with van der Waals surface area (Å²) >= 11 is 3.32. The van der Waals surface area contributed by atoms with Crippen LogP contribution in [0.4, 0.5) is 0 Å². The maximum absolute atomic E-state index is 10.9. The van der Waals surface area contributed by atoms with E-state index >= 15 is 0 Å². The number of halogens is 1. The molecule has 5 heteroatoms. The Hall–Kier alpha value is -1.49. The fourth-order valence-electron chi connectivity index (χ4n) is 1.48. The molecule has 0 saturated carbocycles. The molecule has 1 heterocycles. The Morgan fingerprint density at radius 1 is 1.53 bits per heavy atom. The first-order valence-corrected chi connectivity index (χ1v) is 5.00. The Bertz CT molecular complexity index is 533. The molecular weight excluding hydrogens is 262 g/mol. The summed E-state index contributed by atoms with van der Waals surface area (Å²) in [6.45, 7) is 0. The van der Waals surface area contributed by atoms with Crippen molar-refractivity contribution in [1.82, 2.24) is 4.98 Å². The van der Waals surface area contributed by atoms with Crippen LogP contribution in [-0.2, 0) is 0 Å². The first kappa shape index (κ1) is 10.0. The molecule has 2 aromatic rings. The summed E-state index contributed by atoms with van der Waals surface area (Å²) in [7, 11) is 1.56. The highest BCUT2D eigenvalue weighted by Gasteiger charge is 2.14. The fourth-order valence-corrected chi connectivity index (χ4v) is 2.13. The number of H-pyrrole nitrogens is 1. The van der Waals surface area contributed by atoms with Gasteiger partial charge in [0.05, 0.1) is 18.2 Å². The molecule has 0 aliphatic rings. The molecule has 0 aliphatic carbocycles. The van der Waals surface area contributed by atoms with Gasteiger partial charge in [-0.1, -0.05) is 0 Å². The normalized spacial score (nSPS) is 10.5. The van der Waals surface area contributed by atoms with Gasteiger partial charge >= 0.3 is 5.97 Å². The van der Waals surface area contributed by atoms with Crippen LogP contribution in [0.2, 0.25) is 0 Å². The molecule has 4 nitrogen and oxygen atoms in total. The molecule has 1 aromatic heterocycles. The maximum Gasteiger partial charge on any atom is 0.337 e. The van der Waals surface area contributed by atoms with Crippen molar-refractivity contribution in [2.75, 3.05) is 7.11 Å². The number of nitrogens with one attached hydrogen (secondary N) is 1. The van der Waals surface area contributed by atoms with Crippen LogP contribution in [0.15, 0.2) is 22.8 Å². The highest BCUT2D eigenvalue weighted by atomic mass is 79.9. The van der Waals surface area contributed by atoms with Crippen LogP contribution in [0, 0.1) is 0 Å². The van der Waals surface area contributed by atoms with Crippen molar-refractivity contribution in [3.05, 3.63) is 28.4 Å². The molecular formula is C10H8BrNO3. The maximum atomic E-state index is 10.9. The third-order valence-electron chi connectivity index (χ3n) is 2.17. The number of methoxy groups -OCH3 is 1. The number of hydrogen-bond donors (Lipinski definition) is 2. The Morgan fingerprint density at radius 2 is 2.27 bits per heavy atom. The molecule has 0 saturated heterocycles. The third kappa shape index (κ3) is 1.59. The van der Waals surface area contributed by atoms with Crippen LogP contribution in [0.3, 0.4) is 0 Å². The lowest BCUT2D eigenvalue weighted by atomic mass is 10.2. The van der Waals surface area contributed by atoms with Crippen LogP contribution in [0.25, 0.3) is 10.9 Å². The SMILES string of the molecule is COc1cc(Br)c2c(C(=O)O)c[nH]c2c1. The van der Waals surface area contributed by atoms with Crippen LogP contribution in [0.5, 0.6) is 5.75 Å². The van der Waals surface area contributed by atoms with Crippen molar-refractivity contribution in [2.45, 2.75) is 0 Å². The largest absolute Gasteiger partial charge is 0.497 e. The topological polar surface area (TPSA) is 62.3 Å². The predicted molar refractivity (Wildman–Crippen MR) is 59.5 cm³/mol. The number of aromatic amines is 1. The van der Waals surface area contributed by atoms with Crippen LogP contribution < -0.4 is 4.74 Å². The molecule has 0 amide bonds. The van der Waals surface area contributed by atoms with E-state index in [4.69, 9.17) is 9.84 Å². The van der Waals surface area contributed by atoms with Gasteiger partial charge in [0.15, 0.2) is 0 Å². The van der Waals surface area contributed by atoms with Crippen molar-refractivity contribution in [2.24, 2.45) is 0 Å². The van der Waals surface area contributed by atoms with Gasteiger partial charge in [-0.05, 0) is 22.0 Å². The standard InChI is InChI=1S/C10H8BrNO3/c1-15-5-2-7(11)9-6(10(13)14)4-12-8(9)3-5/h2-4,12H,1H3,(H,13,14). The molecule has 0 bridgehead atoms. The third-order valence-corrected chi connectivity index (χ3v) is 2.80. The van der Waals surface area contributed by atoms with Gasteiger partial charge in [-0.15, -0.1) is 0 Å². The van der Waals surface area contributed by atoms with Gasteiger partial charge in [-0.2, -0.15) is 0 Å². The van der Waals surface area contributed by atoms with E-state index in [1.54, 1.807) is 19.2 Å². The molecule has 78 valence electrons. The van der Waals surface area contributed by atoms with Gasteiger partial charge in [0, 0.05) is 22.1 Å². The fraction of sp³-hybridized carbons (Fsp3) is 0.100. The first-order chi connectivity index (χ1) is 7.13. The predicted octanol–water partition coefficient (Wildman–Crippen LogP) is 2.64. The van der Waals surface area contributed by atoms with Gasteiger partial charge in [0.25, 0.3) is 0 Å². The number of ether oxygens (including phenoxy) is 1. The highest BCUT2D eigenvalue weighted by Crippen LogP contribution is 2.31. The number of carboxylic acid groups (broad SMARTS) is 1. The molecule has 2 rings (SSSR count).